The number of fused-ring (bicyclic) bond motifs is 1. The van der Waals surface area contributed by atoms with E-state index in [1.165, 1.54) is 21.7 Å². The fraction of sp³-hybridized carbons (Fsp3) is 0.442. The van der Waals surface area contributed by atoms with Gasteiger partial charge in [0.25, 0.3) is 0 Å². The molecule has 4 N–H and O–H groups in total. The molecular formula is C43H49N7O5. The van der Waals surface area contributed by atoms with Gasteiger partial charge in [0.05, 0.1) is 23.7 Å². The molecule has 3 fully saturated rings. The first kappa shape index (κ1) is 36.9. The number of piperidine rings is 2. The summed E-state index contributed by atoms with van der Waals surface area (Å²) >= 11 is 0. The summed E-state index contributed by atoms with van der Waals surface area (Å²) in [6, 6.07) is 22.6. The predicted molar refractivity (Wildman–Crippen MR) is 208 cm³/mol. The molecule has 2 saturated heterocycles. The average molecular weight is 744 g/mol. The number of anilines is 3. The maximum atomic E-state index is 12.5. The van der Waals surface area contributed by atoms with Crippen LogP contribution in [0.25, 0.3) is 11.1 Å². The van der Waals surface area contributed by atoms with Crippen LogP contribution in [0.1, 0.15) is 84.2 Å². The van der Waals surface area contributed by atoms with Crippen molar-refractivity contribution in [1.82, 2.24) is 20.3 Å². The molecule has 55 heavy (non-hydrogen) atoms. The third-order valence-electron chi connectivity index (χ3n) is 12.1. The van der Waals surface area contributed by atoms with E-state index in [-0.39, 0.29) is 24.7 Å². The number of carbonyl (C=O) groups excluding carboxylic acids is 2. The Morgan fingerprint density at radius 2 is 1.75 bits per heavy atom. The molecule has 8 rings (SSSR count). The van der Waals surface area contributed by atoms with Crippen LogP contribution >= 0.6 is 0 Å². The lowest BCUT2D eigenvalue weighted by molar-refractivity contribution is -0.154. The highest BCUT2D eigenvalue weighted by atomic mass is 16.5. The SMILES string of the molecule is Cc1ccc(-c2c(C)noc2C)cc1N(CC1CCN(CCNc2ccc3c(c2)C(O)N(C2CCC(=O)NC2=O)C3O)CC1)c1ccc(C2CC2C#N)cc1. The normalized spacial score (nSPS) is 24.3. The largest absolute Gasteiger partial charge is 0.384 e. The average Bonchev–Trinajstić information content (AvgIpc) is 3.85. The second kappa shape index (κ2) is 15.2. The highest BCUT2D eigenvalue weighted by Gasteiger charge is 2.45. The van der Waals surface area contributed by atoms with E-state index in [9.17, 15) is 25.1 Å². The fourth-order valence-electron chi connectivity index (χ4n) is 8.82. The summed E-state index contributed by atoms with van der Waals surface area (Å²) in [5.74, 6) is 0.946. The molecule has 1 saturated carbocycles. The molecule has 4 heterocycles. The molecule has 0 bridgehead atoms. The van der Waals surface area contributed by atoms with E-state index < -0.39 is 24.4 Å². The first-order valence-corrected chi connectivity index (χ1v) is 19.5. The van der Waals surface area contributed by atoms with E-state index in [1.54, 1.807) is 6.07 Å². The van der Waals surface area contributed by atoms with Crippen LogP contribution in [0.4, 0.5) is 17.1 Å². The molecule has 0 radical (unpaired) electrons. The van der Waals surface area contributed by atoms with Gasteiger partial charge in [0.15, 0.2) is 0 Å². The van der Waals surface area contributed by atoms with Crippen molar-refractivity contribution in [3.05, 3.63) is 94.4 Å². The molecule has 5 atom stereocenters. The van der Waals surface area contributed by atoms with Gasteiger partial charge in [-0.05, 0) is 112 Å². The van der Waals surface area contributed by atoms with Crippen molar-refractivity contribution in [2.75, 3.05) is 42.9 Å². The number of aliphatic hydroxyl groups excluding tert-OH is 2. The number of likely N-dealkylation sites (tertiary alicyclic amines) is 1. The molecule has 1 aliphatic carbocycles. The number of carbonyl (C=O) groups is 2. The van der Waals surface area contributed by atoms with Gasteiger partial charge < -0.3 is 29.9 Å². The van der Waals surface area contributed by atoms with E-state index in [0.29, 0.717) is 23.0 Å². The van der Waals surface area contributed by atoms with E-state index in [0.717, 1.165) is 85.9 Å². The molecule has 12 heteroatoms. The topological polar surface area (TPSA) is 158 Å². The number of hydrogen-bond donors (Lipinski definition) is 4. The lowest BCUT2D eigenvalue weighted by Crippen LogP contribution is -2.52. The molecular weight excluding hydrogens is 695 g/mol. The minimum absolute atomic E-state index is 0.129. The Morgan fingerprint density at radius 1 is 0.982 bits per heavy atom. The van der Waals surface area contributed by atoms with Gasteiger partial charge in [-0.1, -0.05) is 35.5 Å². The van der Waals surface area contributed by atoms with Crippen LogP contribution in [0.3, 0.4) is 0 Å². The summed E-state index contributed by atoms with van der Waals surface area (Å²) in [6.07, 6.45) is 1.23. The third kappa shape index (κ3) is 7.37. The zero-order valence-electron chi connectivity index (χ0n) is 31.7. The van der Waals surface area contributed by atoms with Gasteiger partial charge in [-0.3, -0.25) is 14.9 Å². The fourth-order valence-corrected chi connectivity index (χ4v) is 8.82. The van der Waals surface area contributed by atoms with Gasteiger partial charge in [0, 0.05) is 65.7 Å². The maximum Gasteiger partial charge on any atom is 0.244 e. The Bertz CT molecular complexity index is 2100. The van der Waals surface area contributed by atoms with Crippen LogP contribution in [-0.4, -0.2) is 75.7 Å². The lowest BCUT2D eigenvalue weighted by atomic mass is 9.94. The summed E-state index contributed by atoms with van der Waals surface area (Å²) in [6.45, 7) is 10.6. The van der Waals surface area contributed by atoms with Crippen molar-refractivity contribution in [2.24, 2.45) is 11.8 Å². The number of nitriles is 1. The Hall–Kier alpha value is -5.06. The van der Waals surface area contributed by atoms with Gasteiger partial charge >= 0.3 is 0 Å². The smallest absolute Gasteiger partial charge is 0.244 e. The van der Waals surface area contributed by atoms with Crippen LogP contribution < -0.4 is 15.5 Å². The number of hydrogen-bond acceptors (Lipinski definition) is 11. The summed E-state index contributed by atoms with van der Waals surface area (Å²) < 4.78 is 5.53. The number of nitrogens with zero attached hydrogens (tertiary/aromatic N) is 5. The van der Waals surface area contributed by atoms with Crippen LogP contribution in [0.2, 0.25) is 0 Å². The minimum atomic E-state index is -1.15. The standard InChI is InChI=1S/C43H49N7O5/c1-25-4-5-30(40-26(2)47-55-27(40)3)21-38(25)49(33-9-6-29(7-10-33)35-20-31(35)23-44)24-28-14-17-48(18-15-28)19-16-45-32-8-11-34-36(22-32)43(54)50(42(34)53)37-12-13-39(51)46-41(37)52/h4-11,21-22,28,31,35,37,42-43,45,53-54H,12-20,24H2,1-3H3,(H,46,51,52). The zero-order valence-corrected chi connectivity index (χ0v) is 31.7. The first-order valence-electron chi connectivity index (χ1n) is 19.5. The summed E-state index contributed by atoms with van der Waals surface area (Å²) in [5, 5.41) is 41.5. The minimum Gasteiger partial charge on any atom is -0.384 e. The number of aryl methyl sites for hydroxylation is 3. The molecule has 12 nitrogen and oxygen atoms in total. The summed E-state index contributed by atoms with van der Waals surface area (Å²) in [4.78, 5) is 30.5. The molecule has 4 aromatic rings. The van der Waals surface area contributed by atoms with Crippen LogP contribution in [0.15, 0.2) is 65.2 Å². The number of amides is 2. The number of imide groups is 1. The Labute approximate surface area is 321 Å². The van der Waals surface area contributed by atoms with Gasteiger partial charge in [-0.15, -0.1) is 0 Å². The van der Waals surface area contributed by atoms with Crippen LogP contribution in [0, 0.1) is 43.9 Å². The van der Waals surface area contributed by atoms with Gasteiger partial charge in [-0.2, -0.15) is 5.26 Å². The number of benzene rings is 3. The van der Waals surface area contributed by atoms with Crippen LogP contribution in [-0.2, 0) is 9.59 Å². The number of aliphatic hydroxyl groups is 2. The molecule has 5 unspecified atom stereocenters. The maximum absolute atomic E-state index is 12.5. The second-order valence-corrected chi connectivity index (χ2v) is 15.7. The quantitative estimate of drug-likeness (QED) is 0.134. The van der Waals surface area contributed by atoms with E-state index in [4.69, 9.17) is 4.52 Å². The van der Waals surface area contributed by atoms with Crippen molar-refractivity contribution in [3.63, 3.8) is 0 Å². The van der Waals surface area contributed by atoms with Crippen molar-refractivity contribution in [3.8, 4) is 17.2 Å². The van der Waals surface area contributed by atoms with Gasteiger partial charge in [0.1, 0.15) is 18.2 Å². The van der Waals surface area contributed by atoms with Gasteiger partial charge in [0.2, 0.25) is 11.8 Å². The summed E-state index contributed by atoms with van der Waals surface area (Å²) in [7, 11) is 0. The molecule has 286 valence electrons. The molecule has 2 amide bonds. The Kier molecular flexibility index (Phi) is 10.2. The van der Waals surface area contributed by atoms with Crippen molar-refractivity contribution >= 4 is 28.9 Å². The van der Waals surface area contributed by atoms with Gasteiger partial charge in [-0.25, -0.2) is 4.90 Å². The first-order chi connectivity index (χ1) is 26.6. The number of rotatable bonds is 11. The number of aromatic nitrogens is 1. The highest BCUT2D eigenvalue weighted by molar-refractivity contribution is 6.00. The Balaban J connectivity index is 0.906. The predicted octanol–water partition coefficient (Wildman–Crippen LogP) is 5.96. The molecule has 1 aromatic heterocycles. The molecule has 3 aromatic carbocycles. The highest BCUT2D eigenvalue weighted by Crippen LogP contribution is 2.47. The number of nitrogens with one attached hydrogen (secondary N) is 2. The summed E-state index contributed by atoms with van der Waals surface area (Å²) in [5.41, 5.74) is 9.74. The van der Waals surface area contributed by atoms with E-state index in [1.807, 2.05) is 26.0 Å². The molecule has 4 aliphatic rings. The molecule has 3 aliphatic heterocycles. The zero-order chi connectivity index (χ0) is 38.4. The monoisotopic (exact) mass is 743 g/mol. The van der Waals surface area contributed by atoms with E-state index in [2.05, 4.69) is 81.0 Å². The lowest BCUT2D eigenvalue weighted by Gasteiger charge is -2.36. The van der Waals surface area contributed by atoms with E-state index >= 15 is 0 Å². The second-order valence-electron chi connectivity index (χ2n) is 15.7. The van der Waals surface area contributed by atoms with Crippen molar-refractivity contribution in [2.45, 2.75) is 77.3 Å². The van der Waals surface area contributed by atoms with Crippen molar-refractivity contribution < 1.29 is 24.3 Å². The third-order valence-corrected chi connectivity index (χ3v) is 12.1. The van der Waals surface area contributed by atoms with Crippen LogP contribution in [0.5, 0.6) is 0 Å². The Morgan fingerprint density at radius 3 is 2.44 bits per heavy atom. The molecule has 0 spiro atoms. The van der Waals surface area contributed by atoms with Crippen molar-refractivity contribution in [1.29, 1.82) is 5.26 Å².